The molecule has 0 amide bonds. The molecular weight excluding hydrogens is 374 g/mol. The summed E-state index contributed by atoms with van der Waals surface area (Å²) in [5.74, 6) is -0.0341. The standard InChI is InChI=1S/C22H19NO6/c1-23(8-9-24)12-17-18(25)7-6-14-15(11-20(26)29-21(14)17)16-10-13-4-2-3-5-19(13)28-22(16)27/h2-7,10-11,24-25H,8-9,12H2,1H3. The second kappa shape index (κ2) is 7.54. The third-order valence-electron chi connectivity index (χ3n) is 4.83. The quantitative estimate of drug-likeness (QED) is 0.502. The highest BCUT2D eigenvalue weighted by Gasteiger charge is 2.18. The van der Waals surface area contributed by atoms with Crippen molar-refractivity contribution in [2.75, 3.05) is 20.2 Å². The van der Waals surface area contributed by atoms with Crippen LogP contribution in [0.4, 0.5) is 0 Å². The number of nitrogens with zero attached hydrogens (tertiary/aromatic N) is 1. The molecule has 0 spiro atoms. The van der Waals surface area contributed by atoms with Crippen molar-refractivity contribution >= 4 is 21.9 Å². The first-order chi connectivity index (χ1) is 14.0. The molecule has 0 fully saturated rings. The zero-order valence-corrected chi connectivity index (χ0v) is 15.7. The second-order valence-electron chi connectivity index (χ2n) is 6.87. The Morgan fingerprint density at radius 1 is 1.00 bits per heavy atom. The fourth-order valence-electron chi connectivity index (χ4n) is 3.42. The number of hydrogen-bond acceptors (Lipinski definition) is 7. The topological polar surface area (TPSA) is 104 Å². The van der Waals surface area contributed by atoms with Gasteiger partial charge in [0.2, 0.25) is 0 Å². The molecule has 0 saturated heterocycles. The molecule has 0 aliphatic rings. The van der Waals surface area contributed by atoms with Crippen molar-refractivity contribution < 1.29 is 19.0 Å². The first-order valence-corrected chi connectivity index (χ1v) is 9.09. The summed E-state index contributed by atoms with van der Waals surface area (Å²) in [5.41, 5.74) is 0.466. The van der Waals surface area contributed by atoms with Crippen LogP contribution in [0.5, 0.6) is 5.75 Å². The summed E-state index contributed by atoms with van der Waals surface area (Å²) in [7, 11) is 1.77. The Morgan fingerprint density at radius 3 is 2.59 bits per heavy atom. The molecule has 0 aliphatic carbocycles. The van der Waals surface area contributed by atoms with E-state index in [-0.39, 0.29) is 30.0 Å². The molecule has 7 nitrogen and oxygen atoms in total. The van der Waals surface area contributed by atoms with E-state index in [1.165, 1.54) is 12.1 Å². The second-order valence-corrected chi connectivity index (χ2v) is 6.87. The molecule has 2 aromatic carbocycles. The third kappa shape index (κ3) is 3.53. The van der Waals surface area contributed by atoms with Crippen molar-refractivity contribution in [1.82, 2.24) is 4.90 Å². The Bertz CT molecular complexity index is 1320. The van der Waals surface area contributed by atoms with Crippen molar-refractivity contribution in [3.8, 4) is 16.9 Å². The van der Waals surface area contributed by atoms with Crippen LogP contribution < -0.4 is 11.3 Å². The zero-order chi connectivity index (χ0) is 20.5. The molecule has 4 aromatic rings. The van der Waals surface area contributed by atoms with E-state index >= 15 is 0 Å². The number of para-hydroxylation sites is 1. The number of fused-ring (bicyclic) bond motifs is 2. The predicted octanol–water partition coefficient (Wildman–Crippen LogP) is 2.70. The van der Waals surface area contributed by atoms with Gasteiger partial charge in [0, 0.05) is 35.5 Å². The summed E-state index contributed by atoms with van der Waals surface area (Å²) >= 11 is 0. The van der Waals surface area contributed by atoms with Gasteiger partial charge in [-0.2, -0.15) is 0 Å². The van der Waals surface area contributed by atoms with Gasteiger partial charge in [-0.25, -0.2) is 9.59 Å². The first kappa shape index (κ1) is 18.9. The van der Waals surface area contributed by atoms with E-state index < -0.39 is 11.3 Å². The van der Waals surface area contributed by atoms with Gasteiger partial charge in [-0.3, -0.25) is 4.90 Å². The van der Waals surface area contributed by atoms with E-state index in [4.69, 9.17) is 13.9 Å². The lowest BCUT2D eigenvalue weighted by Gasteiger charge is -2.17. The molecule has 0 atom stereocenters. The van der Waals surface area contributed by atoms with Crippen LogP contribution in [0.15, 0.2) is 67.0 Å². The summed E-state index contributed by atoms with van der Waals surface area (Å²) < 4.78 is 10.8. The number of aliphatic hydroxyl groups is 1. The van der Waals surface area contributed by atoms with E-state index in [0.717, 1.165) is 5.39 Å². The molecule has 4 rings (SSSR count). The van der Waals surface area contributed by atoms with Gasteiger partial charge in [0.1, 0.15) is 16.9 Å². The van der Waals surface area contributed by atoms with Crippen molar-refractivity contribution in [2.24, 2.45) is 0 Å². The van der Waals surface area contributed by atoms with Gasteiger partial charge < -0.3 is 19.0 Å². The fraction of sp³-hybridized carbons (Fsp3) is 0.182. The fourth-order valence-corrected chi connectivity index (χ4v) is 3.42. The lowest BCUT2D eigenvalue weighted by Crippen LogP contribution is -2.21. The Morgan fingerprint density at radius 2 is 1.79 bits per heavy atom. The van der Waals surface area contributed by atoms with Crippen LogP contribution >= 0.6 is 0 Å². The molecule has 0 aliphatic heterocycles. The van der Waals surface area contributed by atoms with Crippen LogP contribution in [-0.4, -0.2) is 35.3 Å². The van der Waals surface area contributed by atoms with Crippen molar-refractivity contribution in [2.45, 2.75) is 6.54 Å². The van der Waals surface area contributed by atoms with Crippen molar-refractivity contribution in [1.29, 1.82) is 0 Å². The largest absolute Gasteiger partial charge is 0.507 e. The number of aromatic hydroxyl groups is 1. The van der Waals surface area contributed by atoms with E-state index in [0.29, 0.717) is 28.6 Å². The minimum atomic E-state index is -0.642. The number of benzene rings is 2. The van der Waals surface area contributed by atoms with Gasteiger partial charge in [0.25, 0.3) is 0 Å². The molecule has 148 valence electrons. The number of phenolic OH excluding ortho intramolecular Hbond substituents is 1. The predicted molar refractivity (Wildman–Crippen MR) is 109 cm³/mol. The summed E-state index contributed by atoms with van der Waals surface area (Å²) in [6, 6.07) is 13.2. The Kier molecular flexibility index (Phi) is 4.92. The van der Waals surface area contributed by atoms with Gasteiger partial charge in [-0.05, 0) is 31.3 Å². The van der Waals surface area contributed by atoms with Gasteiger partial charge in [0.15, 0.2) is 0 Å². The van der Waals surface area contributed by atoms with Crippen molar-refractivity contribution in [3.63, 3.8) is 0 Å². The highest BCUT2D eigenvalue weighted by molar-refractivity contribution is 5.97. The Labute approximate surface area is 165 Å². The minimum Gasteiger partial charge on any atom is -0.507 e. The van der Waals surface area contributed by atoms with E-state index in [1.807, 2.05) is 12.1 Å². The summed E-state index contributed by atoms with van der Waals surface area (Å²) in [6.45, 7) is 0.589. The number of aliphatic hydroxyl groups excluding tert-OH is 1. The molecule has 2 N–H and O–H groups in total. The lowest BCUT2D eigenvalue weighted by atomic mass is 10.00. The van der Waals surface area contributed by atoms with Gasteiger partial charge >= 0.3 is 11.3 Å². The maximum absolute atomic E-state index is 12.6. The van der Waals surface area contributed by atoms with Crippen LogP contribution in [0.3, 0.4) is 0 Å². The molecule has 2 heterocycles. The molecule has 0 saturated carbocycles. The highest BCUT2D eigenvalue weighted by Crippen LogP contribution is 2.33. The lowest BCUT2D eigenvalue weighted by molar-refractivity contribution is 0.216. The number of rotatable bonds is 5. The van der Waals surface area contributed by atoms with Crippen LogP contribution in [0.25, 0.3) is 33.1 Å². The summed E-state index contributed by atoms with van der Waals surface area (Å²) in [5, 5.41) is 20.7. The normalized spacial score (nSPS) is 11.6. The molecule has 7 heteroatoms. The average molecular weight is 393 g/mol. The van der Waals surface area contributed by atoms with Crippen LogP contribution in [0, 0.1) is 0 Å². The minimum absolute atomic E-state index is 0.0341. The first-order valence-electron chi connectivity index (χ1n) is 9.09. The van der Waals surface area contributed by atoms with E-state index in [9.17, 15) is 14.7 Å². The van der Waals surface area contributed by atoms with Crippen LogP contribution in [-0.2, 0) is 6.54 Å². The van der Waals surface area contributed by atoms with Gasteiger partial charge in [-0.15, -0.1) is 0 Å². The van der Waals surface area contributed by atoms with Crippen LogP contribution in [0.2, 0.25) is 0 Å². The smallest absolute Gasteiger partial charge is 0.344 e. The van der Waals surface area contributed by atoms with Gasteiger partial charge in [-0.1, -0.05) is 18.2 Å². The molecule has 0 radical (unpaired) electrons. The summed E-state index contributed by atoms with van der Waals surface area (Å²) in [4.78, 5) is 26.7. The monoisotopic (exact) mass is 393 g/mol. The number of phenols is 1. The average Bonchev–Trinajstić information content (AvgIpc) is 2.69. The maximum atomic E-state index is 12.6. The molecule has 0 bridgehead atoms. The Balaban J connectivity index is 1.98. The molecule has 2 aromatic heterocycles. The van der Waals surface area contributed by atoms with E-state index in [2.05, 4.69) is 0 Å². The highest BCUT2D eigenvalue weighted by atomic mass is 16.4. The number of hydrogen-bond donors (Lipinski definition) is 2. The van der Waals surface area contributed by atoms with E-state index in [1.54, 1.807) is 36.2 Å². The Hall–Kier alpha value is -3.42. The molecular formula is C22H19NO6. The summed E-state index contributed by atoms with van der Waals surface area (Å²) in [6.07, 6.45) is 0. The van der Waals surface area contributed by atoms with Gasteiger partial charge in [0.05, 0.1) is 17.7 Å². The maximum Gasteiger partial charge on any atom is 0.344 e. The van der Waals surface area contributed by atoms with Crippen molar-refractivity contribution in [3.05, 3.63) is 74.9 Å². The number of likely N-dealkylation sites (N-methyl/N-ethyl adjacent to an activating group) is 1. The SMILES string of the molecule is CN(CCO)Cc1c(O)ccc2c(-c3cc4ccccc4oc3=O)cc(=O)oc12. The molecule has 29 heavy (non-hydrogen) atoms. The zero-order valence-electron chi connectivity index (χ0n) is 15.7. The third-order valence-corrected chi connectivity index (χ3v) is 4.83. The molecule has 0 unspecified atom stereocenters. The van der Waals surface area contributed by atoms with Crippen LogP contribution in [0.1, 0.15) is 5.56 Å².